The van der Waals surface area contributed by atoms with Crippen LogP contribution in [0.1, 0.15) is 24.4 Å². The fourth-order valence-corrected chi connectivity index (χ4v) is 2.93. The van der Waals surface area contributed by atoms with E-state index in [-0.39, 0.29) is 6.04 Å². The fourth-order valence-electron chi connectivity index (χ4n) is 2.93. The molecule has 2 rings (SSSR count). The molecule has 1 unspecified atom stereocenters. The average molecular weight is 363 g/mol. The van der Waals surface area contributed by atoms with Crippen molar-refractivity contribution >= 4 is 5.96 Å². The first-order valence-electron chi connectivity index (χ1n) is 9.35. The van der Waals surface area contributed by atoms with Gasteiger partial charge >= 0.3 is 0 Å². The van der Waals surface area contributed by atoms with E-state index in [1.54, 1.807) is 7.11 Å². The third kappa shape index (κ3) is 6.18. The molecule has 0 radical (unpaired) electrons. The smallest absolute Gasteiger partial charge is 0.193 e. The quantitative estimate of drug-likeness (QED) is 0.393. The number of benzene rings is 1. The van der Waals surface area contributed by atoms with Crippen molar-refractivity contribution in [3.63, 3.8) is 0 Å². The Labute approximate surface area is 158 Å². The maximum atomic E-state index is 5.74. The molecule has 0 aliphatic heterocycles. The number of likely N-dealkylation sites (N-methyl/N-ethyl adjacent to an activating group) is 2. The summed E-state index contributed by atoms with van der Waals surface area (Å²) in [6.07, 6.45) is 2.65. The molecule has 1 aromatic rings. The maximum Gasteiger partial charge on any atom is 0.193 e. The Morgan fingerprint density at radius 1 is 1.27 bits per heavy atom. The van der Waals surface area contributed by atoms with E-state index in [4.69, 9.17) is 9.47 Å². The summed E-state index contributed by atoms with van der Waals surface area (Å²) in [7, 11) is 9.74. The largest absolute Gasteiger partial charge is 0.496 e. The predicted molar refractivity (Wildman–Crippen MR) is 107 cm³/mol. The van der Waals surface area contributed by atoms with E-state index in [0.717, 1.165) is 43.9 Å². The molecule has 0 spiro atoms. The van der Waals surface area contributed by atoms with Gasteiger partial charge in [0.2, 0.25) is 0 Å². The number of hydrogen-bond donors (Lipinski definition) is 1. The lowest BCUT2D eigenvalue weighted by Gasteiger charge is -2.29. The molecule has 1 atom stereocenters. The van der Waals surface area contributed by atoms with Crippen LogP contribution in [0.25, 0.3) is 0 Å². The molecule has 0 amide bonds. The molecular formula is C20H34N4O2. The Morgan fingerprint density at radius 2 is 2.00 bits per heavy atom. The highest BCUT2D eigenvalue weighted by molar-refractivity contribution is 5.79. The van der Waals surface area contributed by atoms with Crippen LogP contribution in [0.15, 0.2) is 29.3 Å². The van der Waals surface area contributed by atoms with Crippen LogP contribution in [-0.4, -0.2) is 77.4 Å². The monoisotopic (exact) mass is 362 g/mol. The second-order valence-corrected chi connectivity index (χ2v) is 7.09. The van der Waals surface area contributed by atoms with Crippen molar-refractivity contribution in [2.45, 2.75) is 18.9 Å². The standard InChI is InChI=1S/C20H34N4O2/c1-21-20(24(4)12-13-26-15-16-10-11-16)22-14-18(23(2)3)17-8-6-7-9-19(17)25-5/h6-9,16,18H,10-15H2,1-5H3,(H,21,22). The van der Waals surface area contributed by atoms with E-state index in [0.29, 0.717) is 0 Å². The molecule has 0 heterocycles. The molecule has 1 aliphatic carbocycles. The van der Waals surface area contributed by atoms with Crippen molar-refractivity contribution in [1.82, 2.24) is 15.1 Å². The molecule has 0 bridgehead atoms. The van der Waals surface area contributed by atoms with Crippen LogP contribution < -0.4 is 10.1 Å². The van der Waals surface area contributed by atoms with E-state index in [2.05, 4.69) is 40.3 Å². The van der Waals surface area contributed by atoms with Crippen molar-refractivity contribution in [2.75, 3.05) is 61.6 Å². The van der Waals surface area contributed by atoms with Gasteiger partial charge in [0.1, 0.15) is 5.75 Å². The number of ether oxygens (including phenoxy) is 2. The summed E-state index contributed by atoms with van der Waals surface area (Å²) >= 11 is 0. The molecule has 1 aromatic carbocycles. The van der Waals surface area contributed by atoms with E-state index in [1.807, 2.05) is 32.3 Å². The number of para-hydroxylation sites is 1. The Bertz CT molecular complexity index is 573. The van der Waals surface area contributed by atoms with Crippen molar-refractivity contribution in [2.24, 2.45) is 10.9 Å². The van der Waals surface area contributed by atoms with Gasteiger partial charge in [-0.3, -0.25) is 4.99 Å². The lowest BCUT2D eigenvalue weighted by Crippen LogP contribution is -2.43. The minimum atomic E-state index is 0.183. The molecule has 146 valence electrons. The maximum absolute atomic E-state index is 5.74. The Morgan fingerprint density at radius 3 is 2.62 bits per heavy atom. The molecule has 6 heteroatoms. The lowest BCUT2D eigenvalue weighted by molar-refractivity contribution is 0.115. The first-order valence-corrected chi connectivity index (χ1v) is 9.35. The predicted octanol–water partition coefficient (Wildman–Crippen LogP) is 2.23. The summed E-state index contributed by atoms with van der Waals surface area (Å²) in [5, 5.41) is 3.49. The number of hydrogen-bond acceptors (Lipinski definition) is 4. The van der Waals surface area contributed by atoms with Crippen molar-refractivity contribution in [3.05, 3.63) is 29.8 Å². The SMILES string of the molecule is CN=C(NCC(c1ccccc1OC)N(C)C)N(C)CCOCC1CC1. The van der Waals surface area contributed by atoms with Gasteiger partial charge in [0, 0.05) is 39.4 Å². The summed E-state index contributed by atoms with van der Waals surface area (Å²) in [5.41, 5.74) is 1.17. The molecule has 6 nitrogen and oxygen atoms in total. The minimum absolute atomic E-state index is 0.183. The van der Waals surface area contributed by atoms with Gasteiger partial charge in [-0.05, 0) is 38.9 Å². The minimum Gasteiger partial charge on any atom is -0.496 e. The average Bonchev–Trinajstić information content (AvgIpc) is 3.46. The third-order valence-electron chi connectivity index (χ3n) is 4.77. The van der Waals surface area contributed by atoms with Crippen molar-refractivity contribution < 1.29 is 9.47 Å². The molecule has 0 saturated heterocycles. The fraction of sp³-hybridized carbons (Fsp3) is 0.650. The van der Waals surface area contributed by atoms with Crippen LogP contribution in [0.2, 0.25) is 0 Å². The molecular weight excluding hydrogens is 328 g/mol. The Hall–Kier alpha value is -1.79. The van der Waals surface area contributed by atoms with E-state index in [9.17, 15) is 0 Å². The summed E-state index contributed by atoms with van der Waals surface area (Å²) in [5.74, 6) is 2.59. The number of methoxy groups -OCH3 is 1. The zero-order chi connectivity index (χ0) is 18.9. The highest BCUT2D eigenvalue weighted by atomic mass is 16.5. The zero-order valence-electron chi connectivity index (χ0n) is 16.9. The molecule has 26 heavy (non-hydrogen) atoms. The van der Waals surface area contributed by atoms with Gasteiger partial charge < -0.3 is 24.6 Å². The second kappa shape index (κ2) is 10.4. The van der Waals surface area contributed by atoms with Crippen LogP contribution >= 0.6 is 0 Å². The summed E-state index contributed by atoms with van der Waals surface area (Å²) < 4.78 is 11.3. The molecule has 1 saturated carbocycles. The van der Waals surface area contributed by atoms with Gasteiger partial charge in [0.15, 0.2) is 5.96 Å². The normalized spacial score (nSPS) is 15.8. The molecule has 1 N–H and O–H groups in total. The number of guanidine groups is 1. The first kappa shape index (κ1) is 20.5. The topological polar surface area (TPSA) is 49.3 Å². The highest BCUT2D eigenvalue weighted by Gasteiger charge is 2.21. The third-order valence-corrected chi connectivity index (χ3v) is 4.77. The lowest BCUT2D eigenvalue weighted by atomic mass is 10.0. The number of nitrogens with one attached hydrogen (secondary N) is 1. The van der Waals surface area contributed by atoms with Gasteiger partial charge in [-0.2, -0.15) is 0 Å². The van der Waals surface area contributed by atoms with Crippen LogP contribution in [0.4, 0.5) is 0 Å². The molecule has 1 fully saturated rings. The van der Waals surface area contributed by atoms with E-state index in [1.165, 1.54) is 18.4 Å². The zero-order valence-corrected chi connectivity index (χ0v) is 16.9. The van der Waals surface area contributed by atoms with Gasteiger partial charge in [0.05, 0.1) is 19.8 Å². The van der Waals surface area contributed by atoms with E-state index >= 15 is 0 Å². The van der Waals surface area contributed by atoms with Crippen LogP contribution in [0.3, 0.4) is 0 Å². The van der Waals surface area contributed by atoms with Gasteiger partial charge in [-0.15, -0.1) is 0 Å². The molecule has 1 aliphatic rings. The van der Waals surface area contributed by atoms with Gasteiger partial charge in [-0.25, -0.2) is 0 Å². The van der Waals surface area contributed by atoms with Crippen LogP contribution in [0, 0.1) is 5.92 Å². The highest BCUT2D eigenvalue weighted by Crippen LogP contribution is 2.29. The number of nitrogens with zero attached hydrogens (tertiary/aromatic N) is 3. The van der Waals surface area contributed by atoms with E-state index < -0.39 is 0 Å². The van der Waals surface area contributed by atoms with Crippen LogP contribution in [0.5, 0.6) is 5.75 Å². The Balaban J connectivity index is 1.88. The molecule has 0 aromatic heterocycles. The second-order valence-electron chi connectivity index (χ2n) is 7.09. The van der Waals surface area contributed by atoms with Crippen molar-refractivity contribution in [1.29, 1.82) is 0 Å². The van der Waals surface area contributed by atoms with Crippen LogP contribution in [-0.2, 0) is 4.74 Å². The number of aliphatic imine (C=N–C) groups is 1. The van der Waals surface area contributed by atoms with Gasteiger partial charge in [0.25, 0.3) is 0 Å². The first-order chi connectivity index (χ1) is 12.6. The summed E-state index contributed by atoms with van der Waals surface area (Å²) in [6, 6.07) is 8.35. The number of rotatable bonds is 10. The Kier molecular flexibility index (Phi) is 8.19. The summed E-state index contributed by atoms with van der Waals surface area (Å²) in [6.45, 7) is 3.20. The summed E-state index contributed by atoms with van der Waals surface area (Å²) in [4.78, 5) is 8.71. The van der Waals surface area contributed by atoms with Gasteiger partial charge in [-0.1, -0.05) is 18.2 Å². The van der Waals surface area contributed by atoms with Crippen molar-refractivity contribution in [3.8, 4) is 5.75 Å².